The first-order chi connectivity index (χ1) is 11.3. The number of benzene rings is 1. The van der Waals surface area contributed by atoms with E-state index in [9.17, 15) is 4.79 Å². The maximum absolute atomic E-state index is 11.8. The fourth-order valence-electron chi connectivity index (χ4n) is 3.49. The molecule has 1 heterocycles. The molecule has 1 aromatic rings. The number of nitrogens with one attached hydrogen (secondary N) is 1. The zero-order valence-corrected chi connectivity index (χ0v) is 13.8. The molecule has 0 aromatic heterocycles. The molecule has 4 nitrogen and oxygen atoms in total. The first-order valence-corrected chi connectivity index (χ1v) is 8.90. The van der Waals surface area contributed by atoms with E-state index in [1.54, 1.807) is 0 Å². The van der Waals surface area contributed by atoms with Crippen LogP contribution in [-0.4, -0.2) is 31.8 Å². The van der Waals surface area contributed by atoms with Gasteiger partial charge in [-0.2, -0.15) is 0 Å². The SMILES string of the molecule is O=C(CC1CCCO1)NCCCOC1CCCc2ccccc21. The summed E-state index contributed by atoms with van der Waals surface area (Å²) in [5.74, 6) is 0.0971. The Labute approximate surface area is 138 Å². The van der Waals surface area contributed by atoms with Gasteiger partial charge in [0.2, 0.25) is 5.91 Å². The molecule has 1 amide bonds. The van der Waals surface area contributed by atoms with Crippen molar-refractivity contribution < 1.29 is 14.3 Å². The molecule has 0 saturated carbocycles. The van der Waals surface area contributed by atoms with Crippen LogP contribution >= 0.6 is 0 Å². The van der Waals surface area contributed by atoms with Gasteiger partial charge < -0.3 is 14.8 Å². The van der Waals surface area contributed by atoms with E-state index in [4.69, 9.17) is 9.47 Å². The Hall–Kier alpha value is -1.39. The summed E-state index contributed by atoms with van der Waals surface area (Å²) in [6, 6.07) is 8.58. The van der Waals surface area contributed by atoms with E-state index in [2.05, 4.69) is 29.6 Å². The first kappa shape index (κ1) is 16.5. The van der Waals surface area contributed by atoms with Crippen LogP contribution in [0.25, 0.3) is 0 Å². The van der Waals surface area contributed by atoms with Crippen LogP contribution < -0.4 is 5.32 Å². The molecular formula is C19H27NO3. The van der Waals surface area contributed by atoms with Crippen LogP contribution in [0.4, 0.5) is 0 Å². The smallest absolute Gasteiger partial charge is 0.222 e. The molecule has 126 valence electrons. The van der Waals surface area contributed by atoms with E-state index in [-0.39, 0.29) is 18.1 Å². The van der Waals surface area contributed by atoms with Crippen LogP contribution in [-0.2, 0) is 20.7 Å². The van der Waals surface area contributed by atoms with Crippen molar-refractivity contribution in [2.24, 2.45) is 0 Å². The fraction of sp³-hybridized carbons (Fsp3) is 0.632. The Bertz CT molecular complexity index is 511. The molecule has 2 unspecified atom stereocenters. The molecule has 2 aliphatic rings. The molecule has 4 heteroatoms. The highest BCUT2D eigenvalue weighted by molar-refractivity contribution is 5.76. The van der Waals surface area contributed by atoms with Gasteiger partial charge in [-0.15, -0.1) is 0 Å². The molecule has 0 radical (unpaired) electrons. The van der Waals surface area contributed by atoms with Crippen molar-refractivity contribution in [3.05, 3.63) is 35.4 Å². The van der Waals surface area contributed by atoms with Crippen molar-refractivity contribution in [2.75, 3.05) is 19.8 Å². The zero-order chi connectivity index (χ0) is 15.9. The minimum atomic E-state index is 0.0971. The second-order valence-corrected chi connectivity index (χ2v) is 6.49. The third-order valence-electron chi connectivity index (χ3n) is 4.71. The third kappa shape index (κ3) is 4.79. The maximum atomic E-state index is 11.8. The van der Waals surface area contributed by atoms with Crippen molar-refractivity contribution in [1.82, 2.24) is 5.32 Å². The number of carbonyl (C=O) groups is 1. The summed E-state index contributed by atoms with van der Waals surface area (Å²) in [5.41, 5.74) is 2.77. The minimum absolute atomic E-state index is 0.0971. The minimum Gasteiger partial charge on any atom is -0.378 e. The third-order valence-corrected chi connectivity index (χ3v) is 4.71. The number of amides is 1. The summed E-state index contributed by atoms with van der Waals surface area (Å²) in [6.07, 6.45) is 7.25. The van der Waals surface area contributed by atoms with Gasteiger partial charge in [-0.25, -0.2) is 0 Å². The largest absolute Gasteiger partial charge is 0.378 e. The number of rotatable bonds is 7. The standard InChI is InChI=1S/C19H27NO3/c21-19(14-16-8-4-12-22-16)20-11-5-13-23-18-10-3-7-15-6-1-2-9-17(15)18/h1-2,6,9,16,18H,3-5,7-8,10-14H2,(H,20,21). The van der Waals surface area contributed by atoms with Crippen LogP contribution in [0.15, 0.2) is 24.3 Å². The van der Waals surface area contributed by atoms with Gasteiger partial charge in [0.1, 0.15) is 0 Å². The molecule has 2 atom stereocenters. The lowest BCUT2D eigenvalue weighted by Crippen LogP contribution is -2.28. The lowest BCUT2D eigenvalue weighted by molar-refractivity contribution is -0.123. The predicted octanol–water partition coefficient (Wildman–Crippen LogP) is 3.16. The van der Waals surface area contributed by atoms with E-state index in [0.717, 1.165) is 38.7 Å². The quantitative estimate of drug-likeness (QED) is 0.786. The molecule has 1 N–H and O–H groups in total. The van der Waals surface area contributed by atoms with Crippen molar-refractivity contribution in [3.63, 3.8) is 0 Å². The molecule has 1 aromatic carbocycles. The number of fused-ring (bicyclic) bond motifs is 1. The van der Waals surface area contributed by atoms with Gasteiger partial charge in [0.15, 0.2) is 0 Å². The van der Waals surface area contributed by atoms with Gasteiger partial charge in [-0.1, -0.05) is 24.3 Å². The van der Waals surface area contributed by atoms with Gasteiger partial charge in [0.05, 0.1) is 18.6 Å². The van der Waals surface area contributed by atoms with Crippen LogP contribution in [0.1, 0.15) is 55.8 Å². The lowest BCUT2D eigenvalue weighted by atomic mass is 9.89. The van der Waals surface area contributed by atoms with E-state index < -0.39 is 0 Å². The van der Waals surface area contributed by atoms with Crippen molar-refractivity contribution in [2.45, 2.75) is 57.2 Å². The molecule has 1 fully saturated rings. The predicted molar refractivity (Wildman–Crippen MR) is 89.3 cm³/mol. The van der Waals surface area contributed by atoms with Crippen LogP contribution in [0.2, 0.25) is 0 Å². The van der Waals surface area contributed by atoms with Crippen LogP contribution in [0.3, 0.4) is 0 Å². The molecule has 0 bridgehead atoms. The molecular weight excluding hydrogens is 290 g/mol. The van der Waals surface area contributed by atoms with Crippen molar-refractivity contribution in [1.29, 1.82) is 0 Å². The molecule has 1 aliphatic carbocycles. The average Bonchev–Trinajstić information content (AvgIpc) is 3.07. The Morgan fingerprint density at radius 2 is 2.17 bits per heavy atom. The summed E-state index contributed by atoms with van der Waals surface area (Å²) in [4.78, 5) is 11.8. The summed E-state index contributed by atoms with van der Waals surface area (Å²) >= 11 is 0. The van der Waals surface area contributed by atoms with Crippen LogP contribution in [0.5, 0.6) is 0 Å². The Morgan fingerprint density at radius 1 is 1.26 bits per heavy atom. The number of hydrogen-bond donors (Lipinski definition) is 1. The Kier molecular flexibility index (Phi) is 6.06. The second kappa shape index (κ2) is 8.46. The molecule has 23 heavy (non-hydrogen) atoms. The van der Waals surface area contributed by atoms with Gasteiger partial charge in [-0.3, -0.25) is 4.79 Å². The Morgan fingerprint density at radius 3 is 3.04 bits per heavy atom. The number of carbonyl (C=O) groups excluding carboxylic acids is 1. The van der Waals surface area contributed by atoms with Gasteiger partial charge in [0.25, 0.3) is 0 Å². The zero-order valence-electron chi connectivity index (χ0n) is 13.8. The van der Waals surface area contributed by atoms with Gasteiger partial charge in [0, 0.05) is 19.8 Å². The molecule has 3 rings (SSSR count). The van der Waals surface area contributed by atoms with Crippen LogP contribution in [0, 0.1) is 0 Å². The van der Waals surface area contributed by atoms with E-state index in [0.29, 0.717) is 19.6 Å². The second-order valence-electron chi connectivity index (χ2n) is 6.49. The van der Waals surface area contributed by atoms with E-state index in [1.165, 1.54) is 17.5 Å². The normalized spacial score (nSPS) is 23.5. The van der Waals surface area contributed by atoms with Gasteiger partial charge >= 0.3 is 0 Å². The fourth-order valence-corrected chi connectivity index (χ4v) is 3.49. The monoisotopic (exact) mass is 317 g/mol. The molecule has 0 spiro atoms. The summed E-state index contributed by atoms with van der Waals surface area (Å²) < 4.78 is 11.5. The topological polar surface area (TPSA) is 47.6 Å². The highest BCUT2D eigenvalue weighted by Crippen LogP contribution is 2.32. The molecule has 1 saturated heterocycles. The van der Waals surface area contributed by atoms with Gasteiger partial charge in [-0.05, 0) is 49.7 Å². The molecule has 1 aliphatic heterocycles. The maximum Gasteiger partial charge on any atom is 0.222 e. The summed E-state index contributed by atoms with van der Waals surface area (Å²) in [6.45, 7) is 2.17. The highest BCUT2D eigenvalue weighted by Gasteiger charge is 2.20. The summed E-state index contributed by atoms with van der Waals surface area (Å²) in [7, 11) is 0. The number of ether oxygens (including phenoxy) is 2. The number of hydrogen-bond acceptors (Lipinski definition) is 3. The first-order valence-electron chi connectivity index (χ1n) is 8.90. The van der Waals surface area contributed by atoms with E-state index in [1.807, 2.05) is 0 Å². The van der Waals surface area contributed by atoms with Crippen molar-refractivity contribution in [3.8, 4) is 0 Å². The van der Waals surface area contributed by atoms with E-state index >= 15 is 0 Å². The lowest BCUT2D eigenvalue weighted by Gasteiger charge is -2.25. The summed E-state index contributed by atoms with van der Waals surface area (Å²) in [5, 5.41) is 2.97. The average molecular weight is 317 g/mol. The Balaban J connectivity index is 1.32. The van der Waals surface area contributed by atoms with Crippen molar-refractivity contribution >= 4 is 5.91 Å². The number of aryl methyl sites for hydroxylation is 1. The highest BCUT2D eigenvalue weighted by atomic mass is 16.5.